The van der Waals surface area contributed by atoms with Gasteiger partial charge in [-0.25, -0.2) is 0 Å². The number of nitrogens with zero attached hydrogens (tertiary/aromatic N) is 1. The van der Waals surface area contributed by atoms with Crippen molar-refractivity contribution in [1.82, 2.24) is 15.8 Å². The zero-order valence-electron chi connectivity index (χ0n) is 24.6. The average Bonchev–Trinajstić information content (AvgIpc) is 3.36. The Balaban J connectivity index is 1.53. The van der Waals surface area contributed by atoms with Gasteiger partial charge in [-0.2, -0.15) is 0 Å². The Hall–Kier alpha value is -3.07. The van der Waals surface area contributed by atoms with Gasteiger partial charge < -0.3 is 29.7 Å². The summed E-state index contributed by atoms with van der Waals surface area (Å²) in [6.45, 7) is 11.7. The summed E-state index contributed by atoms with van der Waals surface area (Å²) in [6.07, 6.45) is 1.88. The summed E-state index contributed by atoms with van der Waals surface area (Å²) >= 11 is 6.31. The Labute approximate surface area is 247 Å². The van der Waals surface area contributed by atoms with E-state index in [1.165, 1.54) is 0 Å². The first-order valence-corrected chi connectivity index (χ1v) is 14.6. The van der Waals surface area contributed by atoms with Gasteiger partial charge in [-0.1, -0.05) is 49.7 Å². The SMILES string of the molecule is CC(C)(C)Cc1cc(C(C)(C)NC[C@@H](O)[C@@H]2Cc3cccc(c3)OCCCCOc3cc(Cl)cc(c3)C(=O)N2)no1. The molecule has 4 bridgehead atoms. The highest BCUT2D eigenvalue weighted by Crippen LogP contribution is 2.26. The Morgan fingerprint density at radius 3 is 2.51 bits per heavy atom. The van der Waals surface area contributed by atoms with E-state index >= 15 is 0 Å². The van der Waals surface area contributed by atoms with Crippen molar-refractivity contribution in [2.45, 2.75) is 78.0 Å². The van der Waals surface area contributed by atoms with Crippen LogP contribution in [0.15, 0.2) is 53.1 Å². The average molecular weight is 584 g/mol. The molecule has 3 N–H and O–H groups in total. The molecule has 3 aromatic rings. The molecule has 1 aliphatic rings. The van der Waals surface area contributed by atoms with Crippen molar-refractivity contribution < 1.29 is 23.9 Å². The Morgan fingerprint density at radius 2 is 1.78 bits per heavy atom. The van der Waals surface area contributed by atoms with Crippen molar-refractivity contribution in [2.75, 3.05) is 19.8 Å². The number of ether oxygens (including phenoxy) is 2. The first-order chi connectivity index (χ1) is 19.4. The second-order valence-corrected chi connectivity index (χ2v) is 12.9. The number of nitrogens with one attached hydrogen (secondary N) is 2. The predicted molar refractivity (Wildman–Crippen MR) is 160 cm³/mol. The summed E-state index contributed by atoms with van der Waals surface area (Å²) in [5, 5.41) is 22.5. The molecule has 0 radical (unpaired) electrons. The van der Waals surface area contributed by atoms with E-state index in [9.17, 15) is 9.90 Å². The molecule has 41 heavy (non-hydrogen) atoms. The molecule has 0 unspecified atom stereocenters. The molecule has 2 aromatic carbocycles. The molecule has 4 rings (SSSR count). The summed E-state index contributed by atoms with van der Waals surface area (Å²) in [7, 11) is 0. The number of carbonyl (C=O) groups excluding carboxylic acids is 1. The number of aliphatic hydroxyl groups is 1. The summed E-state index contributed by atoms with van der Waals surface area (Å²) in [6, 6.07) is 14.1. The van der Waals surface area contributed by atoms with E-state index in [0.717, 1.165) is 42.0 Å². The van der Waals surface area contributed by atoms with Gasteiger partial charge in [0.25, 0.3) is 5.91 Å². The minimum atomic E-state index is -0.919. The second kappa shape index (κ2) is 13.3. The van der Waals surface area contributed by atoms with Crippen molar-refractivity contribution in [2.24, 2.45) is 5.41 Å². The molecule has 1 aromatic heterocycles. The van der Waals surface area contributed by atoms with Crippen LogP contribution in [0.25, 0.3) is 0 Å². The molecule has 222 valence electrons. The second-order valence-electron chi connectivity index (χ2n) is 12.5. The molecule has 2 atom stereocenters. The predicted octanol–water partition coefficient (Wildman–Crippen LogP) is 5.69. The smallest absolute Gasteiger partial charge is 0.251 e. The summed E-state index contributed by atoms with van der Waals surface area (Å²) in [5.41, 5.74) is 1.57. The minimum Gasteiger partial charge on any atom is -0.494 e. The minimum absolute atomic E-state index is 0.0746. The molecule has 0 saturated heterocycles. The van der Waals surface area contributed by atoms with Crippen LogP contribution >= 0.6 is 11.6 Å². The standard InChI is InChI=1S/C32H42ClN3O5/c1-31(2,3)19-26-18-29(36-41-26)32(4,5)34-20-28(37)27-14-21-9-8-10-24(13-21)39-11-6-7-12-40-25-16-22(30(38)35-27)15-23(33)17-25/h8-10,13,15-18,27-28,34,37H,6-7,11-12,14,19-20H2,1-5H3,(H,35,38)/t27-,28+/m0/s1. The van der Waals surface area contributed by atoms with Gasteiger partial charge in [-0.15, -0.1) is 0 Å². The van der Waals surface area contributed by atoms with E-state index in [4.69, 9.17) is 25.6 Å². The van der Waals surface area contributed by atoms with Crippen molar-refractivity contribution in [3.8, 4) is 11.5 Å². The van der Waals surface area contributed by atoms with E-state index < -0.39 is 17.7 Å². The molecule has 2 heterocycles. The van der Waals surface area contributed by atoms with E-state index in [0.29, 0.717) is 36.0 Å². The van der Waals surface area contributed by atoms with E-state index in [1.807, 2.05) is 44.2 Å². The van der Waals surface area contributed by atoms with E-state index in [1.54, 1.807) is 18.2 Å². The fourth-order valence-corrected chi connectivity index (χ4v) is 4.94. The number of amides is 1. The van der Waals surface area contributed by atoms with Crippen LogP contribution in [0.5, 0.6) is 11.5 Å². The van der Waals surface area contributed by atoms with Crippen molar-refractivity contribution >= 4 is 17.5 Å². The number of aliphatic hydroxyl groups excluding tert-OH is 1. The highest BCUT2D eigenvalue weighted by molar-refractivity contribution is 6.31. The molecule has 8 nitrogen and oxygen atoms in total. The lowest BCUT2D eigenvalue weighted by atomic mass is 9.90. The number of benzene rings is 2. The third-order valence-corrected chi connectivity index (χ3v) is 7.22. The molecule has 0 saturated carbocycles. The fraction of sp³-hybridized carbons (Fsp3) is 0.500. The number of fused-ring (bicyclic) bond motifs is 4. The van der Waals surface area contributed by atoms with Crippen LogP contribution in [0.4, 0.5) is 0 Å². The molecule has 0 aliphatic carbocycles. The largest absolute Gasteiger partial charge is 0.494 e. The van der Waals surface area contributed by atoms with Gasteiger partial charge in [0.2, 0.25) is 0 Å². The molecule has 1 amide bonds. The molecule has 0 spiro atoms. The van der Waals surface area contributed by atoms with Crippen molar-refractivity contribution in [1.29, 1.82) is 0 Å². The molecule has 0 fully saturated rings. The summed E-state index contributed by atoms with van der Waals surface area (Å²) in [5.74, 6) is 1.76. The van der Waals surface area contributed by atoms with Crippen molar-refractivity contribution in [3.05, 3.63) is 76.1 Å². The van der Waals surface area contributed by atoms with Crippen LogP contribution in [-0.2, 0) is 18.4 Å². The Kier molecular flexibility index (Phi) is 10.00. The number of aromatic nitrogens is 1. The number of hydrogen-bond donors (Lipinski definition) is 3. The van der Waals surface area contributed by atoms with Gasteiger partial charge in [0, 0.05) is 29.6 Å². The quantitative estimate of drug-likeness (QED) is 0.342. The monoisotopic (exact) mass is 583 g/mol. The third-order valence-electron chi connectivity index (χ3n) is 7.00. The Bertz CT molecular complexity index is 1320. The zero-order valence-corrected chi connectivity index (χ0v) is 25.4. The lowest BCUT2D eigenvalue weighted by Crippen LogP contribution is -2.51. The maximum absolute atomic E-state index is 13.4. The van der Waals surface area contributed by atoms with Crippen molar-refractivity contribution in [3.63, 3.8) is 0 Å². The normalized spacial score (nSPS) is 17.7. The Morgan fingerprint density at radius 1 is 1.05 bits per heavy atom. The maximum atomic E-state index is 13.4. The topological polar surface area (TPSA) is 106 Å². The highest BCUT2D eigenvalue weighted by atomic mass is 35.5. The molecule has 1 aliphatic heterocycles. The third kappa shape index (κ3) is 9.21. The molecular weight excluding hydrogens is 542 g/mol. The highest BCUT2D eigenvalue weighted by Gasteiger charge is 2.29. The van der Waals surface area contributed by atoms with Crippen LogP contribution < -0.4 is 20.1 Å². The fourth-order valence-electron chi connectivity index (χ4n) is 4.72. The lowest BCUT2D eigenvalue weighted by Gasteiger charge is -2.29. The number of halogens is 1. The van der Waals surface area contributed by atoms with Gasteiger partial charge in [-0.3, -0.25) is 4.79 Å². The van der Waals surface area contributed by atoms with Gasteiger partial charge in [-0.05, 0) is 74.4 Å². The summed E-state index contributed by atoms with van der Waals surface area (Å²) < 4.78 is 17.4. The van der Waals surface area contributed by atoms with Crippen LogP contribution in [-0.4, -0.2) is 48.1 Å². The van der Waals surface area contributed by atoms with Crippen LogP contribution in [0.1, 0.15) is 74.8 Å². The van der Waals surface area contributed by atoms with E-state index in [2.05, 4.69) is 36.6 Å². The number of hydrogen-bond acceptors (Lipinski definition) is 7. The summed E-state index contributed by atoms with van der Waals surface area (Å²) in [4.78, 5) is 13.4. The zero-order chi connectivity index (χ0) is 29.6. The van der Waals surface area contributed by atoms with Crippen LogP contribution in [0, 0.1) is 5.41 Å². The van der Waals surface area contributed by atoms with Crippen LogP contribution in [0.2, 0.25) is 5.02 Å². The van der Waals surface area contributed by atoms with Gasteiger partial charge in [0.05, 0.1) is 30.9 Å². The molecule has 9 heteroatoms. The lowest BCUT2D eigenvalue weighted by molar-refractivity contribution is 0.0812. The molecular formula is C32H42ClN3O5. The first kappa shape index (κ1) is 30.9. The van der Waals surface area contributed by atoms with Gasteiger partial charge in [0.1, 0.15) is 23.0 Å². The van der Waals surface area contributed by atoms with Gasteiger partial charge >= 0.3 is 0 Å². The first-order valence-electron chi connectivity index (χ1n) is 14.2. The van der Waals surface area contributed by atoms with Gasteiger partial charge in [0.15, 0.2) is 0 Å². The maximum Gasteiger partial charge on any atom is 0.251 e. The van der Waals surface area contributed by atoms with Crippen LogP contribution in [0.3, 0.4) is 0 Å². The number of rotatable bonds is 6. The van der Waals surface area contributed by atoms with E-state index in [-0.39, 0.29) is 17.9 Å². The number of carbonyl (C=O) groups is 1.